The normalized spacial score (nSPS) is 10.2. The summed E-state index contributed by atoms with van der Waals surface area (Å²) in [5, 5.41) is 10.2. The molecule has 0 radical (unpaired) electrons. The molecule has 0 fully saturated rings. The molecule has 0 aliphatic rings. The van der Waals surface area contributed by atoms with Crippen LogP contribution in [0.15, 0.2) is 18.2 Å². The summed E-state index contributed by atoms with van der Waals surface area (Å²) in [6, 6.07) is 5.50. The highest BCUT2D eigenvalue weighted by molar-refractivity contribution is 5.92. The standard InChI is InChI=1S/C14H16N4O3/c1-9-4-5-13(21-3)11(6-9)15-14(20)7-18-10(2)12(8-19)16-17-18/h4-6,8H,7H2,1-3H3,(H,15,20). The zero-order chi connectivity index (χ0) is 15.4. The lowest BCUT2D eigenvalue weighted by Gasteiger charge is -2.11. The van der Waals surface area contributed by atoms with Crippen LogP contribution in [0.4, 0.5) is 5.69 Å². The van der Waals surface area contributed by atoms with Crippen molar-refractivity contribution in [1.29, 1.82) is 0 Å². The quantitative estimate of drug-likeness (QED) is 0.839. The molecule has 21 heavy (non-hydrogen) atoms. The molecule has 1 aromatic heterocycles. The van der Waals surface area contributed by atoms with E-state index in [9.17, 15) is 9.59 Å². The number of carbonyl (C=O) groups excluding carboxylic acids is 2. The summed E-state index contributed by atoms with van der Waals surface area (Å²) in [5.74, 6) is 0.308. The average molecular weight is 288 g/mol. The number of ether oxygens (including phenoxy) is 1. The summed E-state index contributed by atoms with van der Waals surface area (Å²) in [6.45, 7) is 3.58. The number of hydrogen-bond donors (Lipinski definition) is 1. The Kier molecular flexibility index (Phi) is 4.32. The van der Waals surface area contributed by atoms with E-state index >= 15 is 0 Å². The van der Waals surface area contributed by atoms with Crippen molar-refractivity contribution < 1.29 is 14.3 Å². The van der Waals surface area contributed by atoms with Crippen molar-refractivity contribution >= 4 is 17.9 Å². The third-order valence-electron chi connectivity index (χ3n) is 3.05. The largest absolute Gasteiger partial charge is 0.495 e. The fourth-order valence-electron chi connectivity index (χ4n) is 1.88. The lowest BCUT2D eigenvalue weighted by atomic mass is 10.2. The molecule has 110 valence electrons. The SMILES string of the molecule is COc1ccc(C)cc1NC(=O)Cn1nnc(C=O)c1C. The number of nitrogens with one attached hydrogen (secondary N) is 1. The molecule has 2 rings (SSSR count). The zero-order valence-corrected chi connectivity index (χ0v) is 12.1. The maximum atomic E-state index is 12.1. The first-order valence-corrected chi connectivity index (χ1v) is 6.35. The number of nitrogens with zero attached hydrogens (tertiary/aromatic N) is 3. The third kappa shape index (κ3) is 3.25. The average Bonchev–Trinajstić information content (AvgIpc) is 2.79. The predicted molar refractivity (Wildman–Crippen MR) is 76.5 cm³/mol. The number of hydrogen-bond acceptors (Lipinski definition) is 5. The number of amides is 1. The number of benzene rings is 1. The Hall–Kier alpha value is -2.70. The van der Waals surface area contributed by atoms with Crippen LogP contribution < -0.4 is 10.1 Å². The summed E-state index contributed by atoms with van der Waals surface area (Å²) < 4.78 is 6.58. The van der Waals surface area contributed by atoms with E-state index in [1.54, 1.807) is 13.0 Å². The zero-order valence-electron chi connectivity index (χ0n) is 12.1. The van der Waals surface area contributed by atoms with Gasteiger partial charge in [0.1, 0.15) is 18.0 Å². The van der Waals surface area contributed by atoms with Gasteiger partial charge in [0.25, 0.3) is 0 Å². The number of anilines is 1. The molecule has 0 saturated carbocycles. The molecule has 1 N–H and O–H groups in total. The minimum Gasteiger partial charge on any atom is -0.495 e. The van der Waals surface area contributed by atoms with E-state index in [2.05, 4.69) is 15.6 Å². The first kappa shape index (κ1) is 14.7. The van der Waals surface area contributed by atoms with Crippen molar-refractivity contribution in [2.75, 3.05) is 12.4 Å². The van der Waals surface area contributed by atoms with Gasteiger partial charge in [-0.15, -0.1) is 5.10 Å². The van der Waals surface area contributed by atoms with Gasteiger partial charge in [-0.2, -0.15) is 0 Å². The van der Waals surface area contributed by atoms with Crippen LogP contribution in [-0.4, -0.2) is 34.3 Å². The Labute approximate surface area is 121 Å². The van der Waals surface area contributed by atoms with Crippen molar-refractivity contribution in [2.24, 2.45) is 0 Å². The van der Waals surface area contributed by atoms with Gasteiger partial charge < -0.3 is 10.1 Å². The second kappa shape index (κ2) is 6.17. The Morgan fingerprint density at radius 1 is 1.43 bits per heavy atom. The topological polar surface area (TPSA) is 86.1 Å². The van der Waals surface area contributed by atoms with Crippen LogP contribution in [0.5, 0.6) is 5.75 Å². The summed E-state index contributed by atoms with van der Waals surface area (Å²) in [5.41, 5.74) is 2.38. The van der Waals surface area contributed by atoms with E-state index in [0.29, 0.717) is 23.4 Å². The van der Waals surface area contributed by atoms with Gasteiger partial charge in [-0.25, -0.2) is 4.68 Å². The minimum absolute atomic E-state index is 0.0240. The molecule has 7 nitrogen and oxygen atoms in total. The highest BCUT2D eigenvalue weighted by Gasteiger charge is 2.13. The molecule has 1 heterocycles. The van der Waals surface area contributed by atoms with E-state index in [0.717, 1.165) is 5.56 Å². The van der Waals surface area contributed by atoms with E-state index < -0.39 is 0 Å². The van der Waals surface area contributed by atoms with Gasteiger partial charge in [0.05, 0.1) is 18.5 Å². The molecule has 1 aromatic carbocycles. The van der Waals surface area contributed by atoms with Crippen molar-refractivity contribution in [3.63, 3.8) is 0 Å². The van der Waals surface area contributed by atoms with Gasteiger partial charge in [-0.1, -0.05) is 11.3 Å². The molecule has 0 unspecified atom stereocenters. The van der Waals surface area contributed by atoms with Gasteiger partial charge in [-0.05, 0) is 31.5 Å². The Bertz CT molecular complexity index is 679. The van der Waals surface area contributed by atoms with Crippen LogP contribution in [0.1, 0.15) is 21.7 Å². The number of rotatable bonds is 5. The van der Waals surface area contributed by atoms with Crippen LogP contribution in [-0.2, 0) is 11.3 Å². The molecule has 1 amide bonds. The molecule has 0 aliphatic heterocycles. The summed E-state index contributed by atoms with van der Waals surface area (Å²) in [7, 11) is 1.54. The maximum absolute atomic E-state index is 12.1. The summed E-state index contributed by atoms with van der Waals surface area (Å²) in [4.78, 5) is 22.8. The van der Waals surface area contributed by atoms with Gasteiger partial charge in [0.15, 0.2) is 6.29 Å². The van der Waals surface area contributed by atoms with Crippen molar-refractivity contribution in [1.82, 2.24) is 15.0 Å². The lowest BCUT2D eigenvalue weighted by Crippen LogP contribution is -2.20. The molecular weight excluding hydrogens is 272 g/mol. The van der Waals surface area contributed by atoms with Crippen LogP contribution in [0.2, 0.25) is 0 Å². The van der Waals surface area contributed by atoms with E-state index in [1.807, 2.05) is 19.1 Å². The molecule has 2 aromatic rings. The number of carbonyl (C=O) groups is 2. The second-order valence-corrected chi connectivity index (χ2v) is 4.59. The molecular formula is C14H16N4O3. The smallest absolute Gasteiger partial charge is 0.246 e. The Balaban J connectivity index is 2.13. The van der Waals surface area contributed by atoms with E-state index in [4.69, 9.17) is 4.74 Å². The first-order valence-electron chi connectivity index (χ1n) is 6.35. The fourth-order valence-corrected chi connectivity index (χ4v) is 1.88. The van der Waals surface area contributed by atoms with Gasteiger partial charge in [0, 0.05) is 0 Å². The lowest BCUT2D eigenvalue weighted by molar-refractivity contribution is -0.117. The fraction of sp³-hybridized carbons (Fsp3) is 0.286. The van der Waals surface area contributed by atoms with E-state index in [1.165, 1.54) is 11.8 Å². The predicted octanol–water partition coefficient (Wildman–Crippen LogP) is 1.35. The molecule has 7 heteroatoms. The summed E-state index contributed by atoms with van der Waals surface area (Å²) >= 11 is 0. The van der Waals surface area contributed by atoms with Gasteiger partial charge in [-0.3, -0.25) is 9.59 Å². The number of methoxy groups -OCH3 is 1. The van der Waals surface area contributed by atoms with Crippen molar-refractivity contribution in [3.8, 4) is 5.75 Å². The third-order valence-corrected chi connectivity index (χ3v) is 3.05. The van der Waals surface area contributed by atoms with Crippen LogP contribution in [0.3, 0.4) is 0 Å². The summed E-state index contributed by atoms with van der Waals surface area (Å²) in [6.07, 6.45) is 0.611. The molecule has 0 aliphatic carbocycles. The number of aromatic nitrogens is 3. The van der Waals surface area contributed by atoms with E-state index in [-0.39, 0.29) is 18.1 Å². The highest BCUT2D eigenvalue weighted by Crippen LogP contribution is 2.25. The first-order chi connectivity index (χ1) is 10.0. The van der Waals surface area contributed by atoms with Crippen LogP contribution >= 0.6 is 0 Å². The van der Waals surface area contributed by atoms with Crippen LogP contribution in [0, 0.1) is 13.8 Å². The Morgan fingerprint density at radius 3 is 2.81 bits per heavy atom. The molecule has 0 bridgehead atoms. The Morgan fingerprint density at radius 2 is 2.19 bits per heavy atom. The molecule has 0 spiro atoms. The number of aryl methyl sites for hydroxylation is 1. The maximum Gasteiger partial charge on any atom is 0.246 e. The van der Waals surface area contributed by atoms with Crippen molar-refractivity contribution in [2.45, 2.75) is 20.4 Å². The number of aldehydes is 1. The molecule has 0 saturated heterocycles. The van der Waals surface area contributed by atoms with Crippen LogP contribution in [0.25, 0.3) is 0 Å². The molecule has 0 atom stereocenters. The van der Waals surface area contributed by atoms with Gasteiger partial charge >= 0.3 is 0 Å². The highest BCUT2D eigenvalue weighted by atomic mass is 16.5. The second-order valence-electron chi connectivity index (χ2n) is 4.59. The monoisotopic (exact) mass is 288 g/mol. The minimum atomic E-state index is -0.274. The van der Waals surface area contributed by atoms with Crippen molar-refractivity contribution in [3.05, 3.63) is 35.2 Å². The van der Waals surface area contributed by atoms with Gasteiger partial charge in [0.2, 0.25) is 5.91 Å².